The first-order valence-corrected chi connectivity index (χ1v) is 4.97. The SMILES string of the molecule is O[n+]1ccc2cc(-n3cccn3)ccc2c1. The van der Waals surface area contributed by atoms with E-state index >= 15 is 0 Å². The second-order valence-electron chi connectivity index (χ2n) is 3.59. The van der Waals surface area contributed by atoms with E-state index in [9.17, 15) is 5.21 Å². The second kappa shape index (κ2) is 3.34. The maximum absolute atomic E-state index is 9.28. The Labute approximate surface area is 92.0 Å². The molecule has 0 unspecified atom stereocenters. The molecule has 0 spiro atoms. The van der Waals surface area contributed by atoms with Crippen LogP contribution in [0, 0.1) is 0 Å². The lowest BCUT2D eigenvalue weighted by Crippen LogP contribution is -2.27. The van der Waals surface area contributed by atoms with Crippen molar-refractivity contribution in [2.24, 2.45) is 0 Å². The van der Waals surface area contributed by atoms with Crippen LogP contribution in [0.1, 0.15) is 0 Å². The van der Waals surface area contributed by atoms with Crippen molar-refractivity contribution in [3.63, 3.8) is 0 Å². The van der Waals surface area contributed by atoms with Gasteiger partial charge in [-0.3, -0.25) is 5.21 Å². The quantitative estimate of drug-likeness (QED) is 0.491. The fourth-order valence-corrected chi connectivity index (χ4v) is 1.73. The van der Waals surface area contributed by atoms with Gasteiger partial charge in [0.05, 0.1) is 11.1 Å². The molecular weight excluding hydrogens is 202 g/mol. The van der Waals surface area contributed by atoms with E-state index in [0.29, 0.717) is 0 Å². The predicted octanol–water partition coefficient (Wildman–Crippen LogP) is 1.55. The van der Waals surface area contributed by atoms with E-state index in [-0.39, 0.29) is 0 Å². The van der Waals surface area contributed by atoms with Crippen molar-refractivity contribution in [3.05, 3.63) is 55.1 Å². The van der Waals surface area contributed by atoms with Crippen LogP contribution in [0.5, 0.6) is 0 Å². The Morgan fingerprint density at radius 3 is 2.94 bits per heavy atom. The maximum atomic E-state index is 9.28. The van der Waals surface area contributed by atoms with Gasteiger partial charge in [-0.25, -0.2) is 4.68 Å². The molecule has 3 aromatic rings. The van der Waals surface area contributed by atoms with Gasteiger partial charge >= 0.3 is 0 Å². The van der Waals surface area contributed by atoms with Crippen LogP contribution in [0.15, 0.2) is 55.1 Å². The zero-order valence-corrected chi connectivity index (χ0v) is 8.49. The normalized spacial score (nSPS) is 10.8. The van der Waals surface area contributed by atoms with E-state index < -0.39 is 0 Å². The third kappa shape index (κ3) is 1.40. The van der Waals surface area contributed by atoms with Gasteiger partial charge in [-0.05, 0) is 29.7 Å². The number of hydrogen-bond donors (Lipinski definition) is 1. The summed E-state index contributed by atoms with van der Waals surface area (Å²) in [6.45, 7) is 0. The highest BCUT2D eigenvalue weighted by atomic mass is 16.5. The summed E-state index contributed by atoms with van der Waals surface area (Å²) < 4.78 is 2.86. The van der Waals surface area contributed by atoms with Gasteiger partial charge in [0.25, 0.3) is 0 Å². The summed E-state index contributed by atoms with van der Waals surface area (Å²) in [5, 5.41) is 15.5. The highest BCUT2D eigenvalue weighted by Crippen LogP contribution is 2.16. The maximum Gasteiger partial charge on any atom is 0.230 e. The first kappa shape index (κ1) is 8.91. The van der Waals surface area contributed by atoms with E-state index in [2.05, 4.69) is 5.10 Å². The summed E-state index contributed by atoms with van der Waals surface area (Å²) >= 11 is 0. The summed E-state index contributed by atoms with van der Waals surface area (Å²) in [6, 6.07) is 9.70. The number of pyridine rings is 1. The molecule has 0 bridgehead atoms. The second-order valence-corrected chi connectivity index (χ2v) is 3.59. The van der Waals surface area contributed by atoms with Gasteiger partial charge in [-0.1, -0.05) is 0 Å². The fourth-order valence-electron chi connectivity index (χ4n) is 1.73. The van der Waals surface area contributed by atoms with Crippen LogP contribution in [0.2, 0.25) is 0 Å². The van der Waals surface area contributed by atoms with Gasteiger partial charge in [0.2, 0.25) is 12.4 Å². The number of hydrogen-bond acceptors (Lipinski definition) is 2. The Balaban J connectivity index is 2.20. The summed E-state index contributed by atoms with van der Waals surface area (Å²) in [7, 11) is 0. The molecule has 0 radical (unpaired) electrons. The van der Waals surface area contributed by atoms with Gasteiger partial charge in [0.15, 0.2) is 0 Å². The molecule has 1 N–H and O–H groups in total. The van der Waals surface area contributed by atoms with E-state index in [0.717, 1.165) is 21.2 Å². The standard InChI is InChI=1S/C12H10N3O/c16-14-7-4-10-8-12(3-2-11(10)9-14)15-6-1-5-13-15/h1-9,16H/q+1. The zero-order chi connectivity index (χ0) is 11.0. The molecule has 4 nitrogen and oxygen atoms in total. The van der Waals surface area contributed by atoms with Crippen molar-refractivity contribution in [1.29, 1.82) is 0 Å². The van der Waals surface area contributed by atoms with Crippen LogP contribution in [0.4, 0.5) is 0 Å². The molecule has 0 fully saturated rings. The topological polar surface area (TPSA) is 41.9 Å². The molecule has 3 rings (SSSR count). The third-order valence-electron chi connectivity index (χ3n) is 2.52. The lowest BCUT2D eigenvalue weighted by atomic mass is 10.1. The highest BCUT2D eigenvalue weighted by molar-refractivity contribution is 5.82. The summed E-state index contributed by atoms with van der Waals surface area (Å²) in [6.07, 6.45) is 6.92. The molecule has 4 heteroatoms. The van der Waals surface area contributed by atoms with Crippen molar-refractivity contribution >= 4 is 10.8 Å². The summed E-state index contributed by atoms with van der Waals surface area (Å²) in [5.41, 5.74) is 1.01. The van der Waals surface area contributed by atoms with Crippen molar-refractivity contribution in [2.45, 2.75) is 0 Å². The monoisotopic (exact) mass is 212 g/mol. The Kier molecular flexibility index (Phi) is 1.86. The van der Waals surface area contributed by atoms with Crippen LogP contribution in [0.25, 0.3) is 16.5 Å². The van der Waals surface area contributed by atoms with E-state index in [1.807, 2.05) is 36.5 Å². The smallest absolute Gasteiger partial charge is 0.230 e. The Hall–Kier alpha value is -2.36. The van der Waals surface area contributed by atoms with Crippen molar-refractivity contribution in [1.82, 2.24) is 9.78 Å². The molecule has 78 valence electrons. The molecule has 0 atom stereocenters. The molecule has 2 aromatic heterocycles. The van der Waals surface area contributed by atoms with Crippen molar-refractivity contribution in [2.75, 3.05) is 0 Å². The lowest BCUT2D eigenvalue weighted by molar-refractivity contribution is -0.903. The van der Waals surface area contributed by atoms with Crippen LogP contribution in [-0.4, -0.2) is 15.0 Å². The molecule has 0 saturated carbocycles. The first-order chi connectivity index (χ1) is 7.83. The lowest BCUT2D eigenvalue weighted by Gasteiger charge is -2.01. The Morgan fingerprint density at radius 2 is 2.12 bits per heavy atom. The fraction of sp³-hybridized carbons (Fsp3) is 0. The van der Waals surface area contributed by atoms with Gasteiger partial charge in [-0.2, -0.15) is 5.10 Å². The largest absolute Gasteiger partial charge is 0.285 e. The van der Waals surface area contributed by atoms with Gasteiger partial charge < -0.3 is 0 Å². The van der Waals surface area contributed by atoms with Gasteiger partial charge in [-0.15, -0.1) is 0 Å². The molecular formula is C12H10N3O+. The number of aromatic nitrogens is 3. The molecule has 0 aliphatic rings. The molecule has 16 heavy (non-hydrogen) atoms. The molecule has 0 saturated heterocycles. The van der Waals surface area contributed by atoms with E-state index in [1.165, 1.54) is 0 Å². The molecule has 0 aliphatic carbocycles. The number of rotatable bonds is 1. The Morgan fingerprint density at radius 1 is 1.19 bits per heavy atom. The zero-order valence-electron chi connectivity index (χ0n) is 8.49. The average Bonchev–Trinajstić information content (AvgIpc) is 2.82. The summed E-state index contributed by atoms with van der Waals surface area (Å²) in [4.78, 5) is 0. The van der Waals surface area contributed by atoms with Crippen LogP contribution >= 0.6 is 0 Å². The highest BCUT2D eigenvalue weighted by Gasteiger charge is 2.03. The van der Waals surface area contributed by atoms with E-state index in [4.69, 9.17) is 0 Å². The summed E-state index contributed by atoms with van der Waals surface area (Å²) in [5.74, 6) is 0. The number of fused-ring (bicyclic) bond motifs is 1. The minimum atomic E-state index is 0.987. The third-order valence-corrected chi connectivity index (χ3v) is 2.52. The molecule has 0 amide bonds. The van der Waals surface area contributed by atoms with Crippen molar-refractivity contribution < 1.29 is 9.94 Å². The van der Waals surface area contributed by atoms with Crippen LogP contribution < -0.4 is 4.73 Å². The molecule has 0 aliphatic heterocycles. The number of nitrogens with zero attached hydrogens (tertiary/aromatic N) is 3. The van der Waals surface area contributed by atoms with Gasteiger partial charge in [0, 0.05) is 23.2 Å². The van der Waals surface area contributed by atoms with Crippen molar-refractivity contribution in [3.8, 4) is 5.69 Å². The predicted molar refractivity (Wildman–Crippen MR) is 58.4 cm³/mol. The first-order valence-electron chi connectivity index (χ1n) is 4.97. The van der Waals surface area contributed by atoms with Gasteiger partial charge in [0.1, 0.15) is 0 Å². The van der Waals surface area contributed by atoms with Crippen LogP contribution in [0.3, 0.4) is 0 Å². The minimum absolute atomic E-state index is 0.987. The molecule has 2 heterocycles. The minimum Gasteiger partial charge on any atom is -0.285 e. The Bertz CT molecular complexity index is 632. The van der Waals surface area contributed by atoms with Crippen LogP contribution in [-0.2, 0) is 0 Å². The molecule has 1 aromatic carbocycles. The number of benzene rings is 1. The van der Waals surface area contributed by atoms with E-state index in [1.54, 1.807) is 23.3 Å². The average molecular weight is 212 g/mol.